The second-order valence-corrected chi connectivity index (χ2v) is 7.11. The SMILES string of the molecule is CCC(CCCCCCC(CCO[Si]C)O[Si]C)O[Si]C. The van der Waals surface area contributed by atoms with Crippen LogP contribution in [0.25, 0.3) is 0 Å². The molecular formula is C15H32O3Si3. The van der Waals surface area contributed by atoms with Crippen molar-refractivity contribution < 1.29 is 13.3 Å². The van der Waals surface area contributed by atoms with Crippen LogP contribution in [-0.4, -0.2) is 48.1 Å². The van der Waals surface area contributed by atoms with Crippen LogP contribution in [-0.2, 0) is 13.3 Å². The van der Waals surface area contributed by atoms with E-state index in [1.54, 1.807) is 0 Å². The van der Waals surface area contributed by atoms with E-state index >= 15 is 0 Å². The highest BCUT2D eigenvalue weighted by atomic mass is 28.2. The van der Waals surface area contributed by atoms with Gasteiger partial charge in [0.25, 0.3) is 0 Å². The van der Waals surface area contributed by atoms with Crippen LogP contribution in [0.4, 0.5) is 0 Å². The molecule has 3 nitrogen and oxygen atoms in total. The molecule has 122 valence electrons. The van der Waals surface area contributed by atoms with Gasteiger partial charge in [0, 0.05) is 18.8 Å². The van der Waals surface area contributed by atoms with Crippen molar-refractivity contribution >= 4 is 29.3 Å². The van der Waals surface area contributed by atoms with Crippen molar-refractivity contribution in [2.24, 2.45) is 0 Å². The molecule has 0 aromatic rings. The normalized spacial score (nSPS) is 14.3. The number of hydrogen-bond donors (Lipinski definition) is 0. The Morgan fingerprint density at radius 1 is 0.714 bits per heavy atom. The summed E-state index contributed by atoms with van der Waals surface area (Å²) in [5.41, 5.74) is 0. The van der Waals surface area contributed by atoms with E-state index in [9.17, 15) is 0 Å². The smallest absolute Gasteiger partial charge is 0.226 e. The third-order valence-corrected chi connectivity index (χ3v) is 5.14. The molecule has 0 N–H and O–H groups in total. The molecule has 2 atom stereocenters. The first-order chi connectivity index (χ1) is 10.3. The standard InChI is InChI=1S/C15H32O3Si3/c1-5-14(17-20-3)10-8-6-7-9-11-15(18-21-4)12-13-16-19-2/h14-15H,5-13H2,1-4H3. The van der Waals surface area contributed by atoms with Crippen molar-refractivity contribution in [2.75, 3.05) is 6.61 Å². The van der Waals surface area contributed by atoms with E-state index in [2.05, 4.69) is 26.6 Å². The number of unbranched alkanes of at least 4 members (excludes halogenated alkanes) is 3. The molecule has 0 aromatic carbocycles. The molecule has 0 aliphatic rings. The van der Waals surface area contributed by atoms with Crippen LogP contribution in [0.3, 0.4) is 0 Å². The quantitative estimate of drug-likeness (QED) is 0.314. The van der Waals surface area contributed by atoms with Gasteiger partial charge in [-0.1, -0.05) is 32.6 Å². The van der Waals surface area contributed by atoms with Crippen LogP contribution in [0, 0.1) is 0 Å². The predicted octanol–water partition coefficient (Wildman–Crippen LogP) is 3.92. The topological polar surface area (TPSA) is 27.7 Å². The zero-order valence-electron chi connectivity index (χ0n) is 14.2. The van der Waals surface area contributed by atoms with Crippen molar-refractivity contribution in [1.29, 1.82) is 0 Å². The Bertz CT molecular complexity index is 209. The Labute approximate surface area is 139 Å². The highest BCUT2D eigenvalue weighted by molar-refractivity contribution is 6.25. The second kappa shape index (κ2) is 16.9. The molecule has 0 heterocycles. The summed E-state index contributed by atoms with van der Waals surface area (Å²) in [5.74, 6) is 0. The summed E-state index contributed by atoms with van der Waals surface area (Å²) in [7, 11) is 1.81. The van der Waals surface area contributed by atoms with Gasteiger partial charge in [-0.3, -0.25) is 0 Å². The first-order valence-corrected chi connectivity index (χ1v) is 12.4. The number of hydrogen-bond acceptors (Lipinski definition) is 3. The molecule has 21 heavy (non-hydrogen) atoms. The van der Waals surface area contributed by atoms with Gasteiger partial charge in [-0.05, 0) is 45.3 Å². The lowest BCUT2D eigenvalue weighted by Crippen LogP contribution is -2.17. The van der Waals surface area contributed by atoms with Gasteiger partial charge in [0.2, 0.25) is 29.3 Å². The molecule has 0 saturated carbocycles. The van der Waals surface area contributed by atoms with E-state index in [-0.39, 0.29) is 0 Å². The molecule has 6 radical (unpaired) electrons. The van der Waals surface area contributed by atoms with Crippen molar-refractivity contribution in [2.45, 2.75) is 90.1 Å². The first-order valence-electron chi connectivity index (χ1n) is 8.21. The van der Waals surface area contributed by atoms with Crippen molar-refractivity contribution in [3.8, 4) is 0 Å². The van der Waals surface area contributed by atoms with Gasteiger partial charge in [0.15, 0.2) is 0 Å². The lowest BCUT2D eigenvalue weighted by atomic mass is 10.0. The average Bonchev–Trinajstić information content (AvgIpc) is 2.49. The molecule has 0 fully saturated rings. The van der Waals surface area contributed by atoms with Crippen LogP contribution < -0.4 is 0 Å². The fourth-order valence-electron chi connectivity index (χ4n) is 2.33. The monoisotopic (exact) mass is 344 g/mol. The Hall–Kier alpha value is 0.531. The molecule has 0 spiro atoms. The van der Waals surface area contributed by atoms with Gasteiger partial charge in [0.1, 0.15) is 0 Å². The molecule has 0 aliphatic heterocycles. The second-order valence-electron chi connectivity index (χ2n) is 5.13. The fourth-order valence-corrected chi connectivity index (χ4v) is 3.84. The van der Waals surface area contributed by atoms with E-state index in [1.807, 2.05) is 0 Å². The summed E-state index contributed by atoms with van der Waals surface area (Å²) >= 11 is 0. The third-order valence-electron chi connectivity index (χ3n) is 3.51. The minimum absolute atomic E-state index is 0.401. The summed E-state index contributed by atoms with van der Waals surface area (Å²) in [6, 6.07) is 0. The molecular weight excluding hydrogens is 312 g/mol. The maximum absolute atomic E-state index is 5.81. The molecule has 0 aromatic heterocycles. The van der Waals surface area contributed by atoms with Gasteiger partial charge >= 0.3 is 0 Å². The summed E-state index contributed by atoms with van der Waals surface area (Å²) < 4.78 is 17.0. The van der Waals surface area contributed by atoms with Crippen LogP contribution in [0.2, 0.25) is 19.6 Å². The van der Waals surface area contributed by atoms with Gasteiger partial charge < -0.3 is 13.3 Å². The van der Waals surface area contributed by atoms with Crippen molar-refractivity contribution in [3.05, 3.63) is 0 Å². The first kappa shape index (κ1) is 21.5. The van der Waals surface area contributed by atoms with E-state index in [0.717, 1.165) is 19.4 Å². The molecule has 0 aliphatic carbocycles. The number of rotatable bonds is 16. The maximum Gasteiger partial charge on any atom is 0.226 e. The van der Waals surface area contributed by atoms with Crippen LogP contribution in [0.5, 0.6) is 0 Å². The Kier molecular flexibility index (Phi) is 17.3. The fraction of sp³-hybridized carbons (Fsp3) is 1.00. The highest BCUT2D eigenvalue weighted by Gasteiger charge is 2.09. The summed E-state index contributed by atoms with van der Waals surface area (Å²) in [5, 5.41) is 0. The lowest BCUT2D eigenvalue weighted by Gasteiger charge is -2.17. The zero-order valence-corrected chi connectivity index (χ0v) is 17.2. The van der Waals surface area contributed by atoms with Gasteiger partial charge in [0.05, 0.1) is 0 Å². The Morgan fingerprint density at radius 3 is 1.81 bits per heavy atom. The van der Waals surface area contributed by atoms with Crippen LogP contribution in [0.15, 0.2) is 0 Å². The molecule has 2 unspecified atom stereocenters. The molecule has 6 heteroatoms. The van der Waals surface area contributed by atoms with Crippen molar-refractivity contribution in [3.63, 3.8) is 0 Å². The molecule has 0 rings (SSSR count). The summed E-state index contributed by atoms with van der Waals surface area (Å²) in [4.78, 5) is 0. The average molecular weight is 345 g/mol. The predicted molar refractivity (Wildman–Crippen MR) is 93.2 cm³/mol. The largest absolute Gasteiger partial charge is 0.418 e. The minimum atomic E-state index is 0.401. The maximum atomic E-state index is 5.81. The van der Waals surface area contributed by atoms with Gasteiger partial charge in [-0.2, -0.15) is 0 Å². The molecule has 0 bridgehead atoms. The van der Waals surface area contributed by atoms with Crippen LogP contribution in [0.1, 0.15) is 58.3 Å². The molecule has 0 amide bonds. The van der Waals surface area contributed by atoms with Gasteiger partial charge in [-0.25, -0.2) is 0 Å². The van der Waals surface area contributed by atoms with E-state index in [0.29, 0.717) is 41.5 Å². The van der Waals surface area contributed by atoms with Gasteiger partial charge in [-0.15, -0.1) is 0 Å². The lowest BCUT2D eigenvalue weighted by molar-refractivity contribution is 0.158. The van der Waals surface area contributed by atoms with E-state index < -0.39 is 0 Å². The van der Waals surface area contributed by atoms with E-state index in [1.165, 1.54) is 38.5 Å². The highest BCUT2D eigenvalue weighted by Crippen LogP contribution is 2.14. The Balaban J connectivity index is 3.55. The van der Waals surface area contributed by atoms with Crippen molar-refractivity contribution in [1.82, 2.24) is 0 Å². The summed E-state index contributed by atoms with van der Waals surface area (Å²) in [6.07, 6.45) is 10.7. The molecule has 0 saturated heterocycles. The Morgan fingerprint density at radius 2 is 1.29 bits per heavy atom. The third kappa shape index (κ3) is 13.9. The van der Waals surface area contributed by atoms with Crippen LogP contribution >= 0.6 is 0 Å². The summed E-state index contributed by atoms with van der Waals surface area (Å²) in [6.45, 7) is 9.35. The zero-order chi connectivity index (χ0) is 15.8. The van der Waals surface area contributed by atoms with E-state index in [4.69, 9.17) is 13.3 Å². The minimum Gasteiger partial charge on any atom is -0.418 e.